The van der Waals surface area contributed by atoms with Crippen molar-refractivity contribution in [2.45, 2.75) is 32.4 Å². The lowest BCUT2D eigenvalue weighted by molar-refractivity contribution is 0.484. The summed E-state index contributed by atoms with van der Waals surface area (Å²) in [5.74, 6) is -0.0252. The summed E-state index contributed by atoms with van der Waals surface area (Å²) in [6.45, 7) is 1.61. The summed E-state index contributed by atoms with van der Waals surface area (Å²) in [6.07, 6.45) is 6.56. The summed E-state index contributed by atoms with van der Waals surface area (Å²) in [7, 11) is 0. The highest BCUT2D eigenvalue weighted by molar-refractivity contribution is 5.34. The number of halogens is 1. The van der Waals surface area contributed by atoms with E-state index in [9.17, 15) is 4.39 Å². The topological polar surface area (TPSA) is 55.6 Å². The molecule has 1 aliphatic heterocycles. The predicted octanol–water partition coefficient (Wildman–Crippen LogP) is 1.76. The molecule has 3 rings (SSSR count). The van der Waals surface area contributed by atoms with E-state index in [0.29, 0.717) is 12.4 Å². The molecule has 1 aliphatic rings. The molecule has 18 heavy (non-hydrogen) atoms. The number of anilines is 1. The molecule has 0 spiro atoms. The van der Waals surface area contributed by atoms with Gasteiger partial charge in [0.2, 0.25) is 5.95 Å². The number of rotatable bonds is 3. The van der Waals surface area contributed by atoms with Gasteiger partial charge in [0.15, 0.2) is 0 Å². The van der Waals surface area contributed by atoms with Gasteiger partial charge in [0, 0.05) is 30.4 Å². The van der Waals surface area contributed by atoms with Gasteiger partial charge in [-0.3, -0.25) is 4.68 Å². The molecule has 0 unspecified atom stereocenters. The molecule has 0 fully saturated rings. The van der Waals surface area contributed by atoms with Gasteiger partial charge in [-0.25, -0.2) is 9.97 Å². The molecule has 0 saturated carbocycles. The molecule has 0 aliphatic carbocycles. The third-order valence-corrected chi connectivity index (χ3v) is 3.16. The smallest absolute Gasteiger partial charge is 0.217 e. The minimum absolute atomic E-state index is 0.498. The molecule has 0 saturated heterocycles. The van der Waals surface area contributed by atoms with Gasteiger partial charge in [-0.2, -0.15) is 9.49 Å². The lowest BCUT2D eigenvalue weighted by Gasteiger charge is -2.15. The Balaban J connectivity index is 1.72. The minimum atomic E-state index is -0.524. The Labute approximate surface area is 104 Å². The van der Waals surface area contributed by atoms with Crippen LogP contribution >= 0.6 is 0 Å². The zero-order valence-electron chi connectivity index (χ0n) is 9.93. The number of hydrogen-bond donors (Lipinski definition) is 1. The van der Waals surface area contributed by atoms with Crippen molar-refractivity contribution >= 4 is 5.82 Å². The monoisotopic (exact) mass is 247 g/mol. The Morgan fingerprint density at radius 2 is 2.28 bits per heavy atom. The third kappa shape index (κ3) is 2.18. The minimum Gasteiger partial charge on any atom is -0.366 e. The van der Waals surface area contributed by atoms with Crippen LogP contribution in [0.5, 0.6) is 0 Å². The van der Waals surface area contributed by atoms with Crippen molar-refractivity contribution < 1.29 is 4.39 Å². The van der Waals surface area contributed by atoms with Crippen molar-refractivity contribution in [1.29, 1.82) is 0 Å². The molecule has 2 aromatic heterocycles. The van der Waals surface area contributed by atoms with Gasteiger partial charge in [0.05, 0.1) is 6.20 Å². The summed E-state index contributed by atoms with van der Waals surface area (Å²) >= 11 is 0. The summed E-state index contributed by atoms with van der Waals surface area (Å²) in [5, 5.41) is 7.45. The van der Waals surface area contributed by atoms with Crippen molar-refractivity contribution in [3.05, 3.63) is 35.8 Å². The zero-order valence-corrected chi connectivity index (χ0v) is 9.93. The van der Waals surface area contributed by atoms with Crippen LogP contribution < -0.4 is 5.32 Å². The van der Waals surface area contributed by atoms with Gasteiger partial charge in [-0.05, 0) is 19.3 Å². The van der Waals surface area contributed by atoms with E-state index in [2.05, 4.69) is 25.1 Å². The molecule has 5 nitrogen and oxygen atoms in total. The van der Waals surface area contributed by atoms with Crippen LogP contribution in [-0.2, 0) is 19.5 Å². The van der Waals surface area contributed by atoms with Crippen LogP contribution in [0.1, 0.15) is 24.1 Å². The highest BCUT2D eigenvalue weighted by Crippen LogP contribution is 2.18. The van der Waals surface area contributed by atoms with Crippen LogP contribution in [0.3, 0.4) is 0 Å². The van der Waals surface area contributed by atoms with Crippen LogP contribution in [0.2, 0.25) is 0 Å². The van der Waals surface area contributed by atoms with E-state index >= 15 is 0 Å². The van der Waals surface area contributed by atoms with Crippen molar-refractivity contribution in [3.63, 3.8) is 0 Å². The summed E-state index contributed by atoms with van der Waals surface area (Å²) < 4.78 is 15.0. The molecule has 0 bridgehead atoms. The van der Waals surface area contributed by atoms with E-state index in [-0.39, 0.29) is 0 Å². The van der Waals surface area contributed by atoms with Crippen LogP contribution in [0.15, 0.2) is 18.6 Å². The number of aromatic nitrogens is 4. The van der Waals surface area contributed by atoms with Crippen LogP contribution in [0.25, 0.3) is 0 Å². The Hall–Kier alpha value is -1.98. The van der Waals surface area contributed by atoms with Crippen molar-refractivity contribution in [2.75, 3.05) is 5.32 Å². The number of aryl methyl sites for hydroxylation is 1. The highest BCUT2D eigenvalue weighted by atomic mass is 19.1. The average Bonchev–Trinajstić information content (AvgIpc) is 2.80. The van der Waals surface area contributed by atoms with Gasteiger partial charge in [0.25, 0.3) is 0 Å². The molecular formula is C12H14FN5. The molecule has 0 amide bonds. The molecule has 6 heteroatoms. The Morgan fingerprint density at radius 3 is 3.17 bits per heavy atom. The second kappa shape index (κ2) is 4.72. The highest BCUT2D eigenvalue weighted by Gasteiger charge is 2.14. The standard InChI is InChI=1S/C12H14FN5/c13-11-5-12(16-8-15-11)14-6-9-7-17-18-4-2-1-3-10(9)18/h5,7-8H,1-4,6H2,(H,14,15,16). The lowest BCUT2D eigenvalue weighted by Crippen LogP contribution is -2.13. The van der Waals surface area contributed by atoms with E-state index in [4.69, 9.17) is 0 Å². The fourth-order valence-electron chi connectivity index (χ4n) is 2.25. The first-order valence-electron chi connectivity index (χ1n) is 6.08. The van der Waals surface area contributed by atoms with E-state index in [1.54, 1.807) is 0 Å². The maximum atomic E-state index is 12.9. The van der Waals surface area contributed by atoms with Crippen LogP contribution in [0, 0.1) is 5.95 Å². The predicted molar refractivity (Wildman–Crippen MR) is 64.5 cm³/mol. The second-order valence-electron chi connectivity index (χ2n) is 4.38. The Morgan fingerprint density at radius 1 is 1.33 bits per heavy atom. The Bertz CT molecular complexity index is 551. The van der Waals surface area contributed by atoms with Crippen LogP contribution in [-0.4, -0.2) is 19.7 Å². The summed E-state index contributed by atoms with van der Waals surface area (Å²) in [4.78, 5) is 7.38. The first-order chi connectivity index (χ1) is 8.83. The fourth-order valence-corrected chi connectivity index (χ4v) is 2.25. The van der Waals surface area contributed by atoms with Crippen molar-refractivity contribution in [3.8, 4) is 0 Å². The van der Waals surface area contributed by atoms with E-state index in [1.807, 2.05) is 6.20 Å². The molecule has 0 atom stereocenters. The maximum absolute atomic E-state index is 12.9. The van der Waals surface area contributed by atoms with E-state index < -0.39 is 5.95 Å². The maximum Gasteiger partial charge on any atom is 0.217 e. The molecule has 94 valence electrons. The number of nitrogens with one attached hydrogen (secondary N) is 1. The van der Waals surface area contributed by atoms with Gasteiger partial charge >= 0.3 is 0 Å². The third-order valence-electron chi connectivity index (χ3n) is 3.16. The first-order valence-corrected chi connectivity index (χ1v) is 6.08. The average molecular weight is 247 g/mol. The fraction of sp³-hybridized carbons (Fsp3) is 0.417. The van der Waals surface area contributed by atoms with Gasteiger partial charge in [0.1, 0.15) is 12.1 Å². The van der Waals surface area contributed by atoms with Gasteiger partial charge in [-0.1, -0.05) is 0 Å². The molecular weight excluding hydrogens is 233 g/mol. The van der Waals surface area contributed by atoms with Crippen molar-refractivity contribution in [2.24, 2.45) is 0 Å². The molecule has 0 radical (unpaired) electrons. The van der Waals surface area contributed by atoms with Gasteiger partial charge in [-0.15, -0.1) is 0 Å². The largest absolute Gasteiger partial charge is 0.366 e. The second-order valence-corrected chi connectivity index (χ2v) is 4.38. The molecule has 3 heterocycles. The SMILES string of the molecule is Fc1cc(NCc2cnn3c2CCCC3)ncn1. The van der Waals surface area contributed by atoms with Gasteiger partial charge < -0.3 is 5.32 Å². The van der Waals surface area contributed by atoms with Crippen molar-refractivity contribution in [1.82, 2.24) is 19.7 Å². The summed E-state index contributed by atoms with van der Waals surface area (Å²) in [6, 6.07) is 1.29. The first kappa shape index (κ1) is 11.1. The van der Waals surface area contributed by atoms with E-state index in [0.717, 1.165) is 18.5 Å². The van der Waals surface area contributed by atoms with E-state index in [1.165, 1.54) is 30.9 Å². The number of fused-ring (bicyclic) bond motifs is 1. The molecule has 0 aromatic carbocycles. The number of hydrogen-bond acceptors (Lipinski definition) is 4. The quantitative estimate of drug-likeness (QED) is 0.840. The number of nitrogens with zero attached hydrogens (tertiary/aromatic N) is 4. The zero-order chi connectivity index (χ0) is 12.4. The molecule has 2 aromatic rings. The van der Waals surface area contributed by atoms with Crippen LogP contribution in [0.4, 0.5) is 10.2 Å². The lowest BCUT2D eigenvalue weighted by atomic mass is 10.1. The summed E-state index contributed by atoms with van der Waals surface area (Å²) in [5.41, 5.74) is 2.44. The molecule has 1 N–H and O–H groups in total. The Kier molecular flexibility index (Phi) is 2.92. The normalized spacial score (nSPS) is 14.3.